The minimum Gasteiger partial charge on any atom is -0.195 e. The minimum atomic E-state index is 0.839. The molecule has 0 saturated carbocycles. The van der Waals surface area contributed by atoms with E-state index in [4.69, 9.17) is 0 Å². The van der Waals surface area contributed by atoms with Gasteiger partial charge in [0.2, 0.25) is 0 Å². The first kappa shape index (κ1) is 10.7. The fourth-order valence-corrected chi connectivity index (χ4v) is 1.63. The monoisotopic (exact) mass is 225 g/mol. The van der Waals surface area contributed by atoms with Gasteiger partial charge in [-0.15, -0.1) is 0 Å². The summed E-state index contributed by atoms with van der Waals surface area (Å²) in [4.78, 5) is 3.92. The summed E-state index contributed by atoms with van der Waals surface area (Å²) in [6.45, 7) is 2.08. The Morgan fingerprint density at radius 3 is 1.88 bits per heavy atom. The van der Waals surface area contributed by atoms with Crippen LogP contribution >= 0.6 is 12.2 Å². The number of isothiocyanates is 1. The first-order valence-electron chi connectivity index (χ1n) is 5.04. The second-order valence-corrected chi connectivity index (χ2v) is 3.80. The van der Waals surface area contributed by atoms with Crippen LogP contribution in [0.15, 0.2) is 53.5 Å². The Balaban J connectivity index is 2.34. The van der Waals surface area contributed by atoms with E-state index in [9.17, 15) is 0 Å². The van der Waals surface area contributed by atoms with Gasteiger partial charge in [-0.25, -0.2) is 0 Å². The molecule has 0 aliphatic rings. The maximum absolute atomic E-state index is 4.56. The topological polar surface area (TPSA) is 12.4 Å². The summed E-state index contributed by atoms with van der Waals surface area (Å²) in [7, 11) is 0. The molecular formula is C14H11NS. The van der Waals surface area contributed by atoms with Crippen LogP contribution in [0.3, 0.4) is 0 Å². The number of hydrogen-bond acceptors (Lipinski definition) is 2. The van der Waals surface area contributed by atoms with E-state index in [1.165, 1.54) is 16.7 Å². The molecule has 0 radical (unpaired) electrons. The Morgan fingerprint density at radius 2 is 1.38 bits per heavy atom. The molecule has 0 aromatic heterocycles. The molecule has 0 spiro atoms. The number of benzene rings is 2. The molecule has 0 N–H and O–H groups in total. The molecule has 0 aliphatic heterocycles. The van der Waals surface area contributed by atoms with E-state index in [-0.39, 0.29) is 0 Å². The van der Waals surface area contributed by atoms with Gasteiger partial charge in [0.05, 0.1) is 10.8 Å². The SMILES string of the molecule is Cc1ccc(-c2ccc(N=C=S)cc2)cc1. The highest BCUT2D eigenvalue weighted by molar-refractivity contribution is 7.78. The van der Waals surface area contributed by atoms with Gasteiger partial charge in [0.25, 0.3) is 0 Å². The average Bonchev–Trinajstić information content (AvgIpc) is 2.32. The summed E-state index contributed by atoms with van der Waals surface area (Å²) in [6, 6.07) is 16.4. The molecule has 0 amide bonds. The molecule has 0 aliphatic carbocycles. The highest BCUT2D eigenvalue weighted by Gasteiger charge is 1.96. The molecule has 0 atom stereocenters. The fourth-order valence-electron chi connectivity index (χ4n) is 1.53. The van der Waals surface area contributed by atoms with E-state index in [0.29, 0.717) is 0 Å². The smallest absolute Gasteiger partial charge is 0.0739 e. The number of nitrogens with zero attached hydrogens (tertiary/aromatic N) is 1. The molecule has 1 nitrogen and oxygen atoms in total. The first-order chi connectivity index (χ1) is 7.79. The van der Waals surface area contributed by atoms with Gasteiger partial charge < -0.3 is 0 Å². The number of aryl methyl sites for hydroxylation is 1. The van der Waals surface area contributed by atoms with Crippen molar-refractivity contribution >= 4 is 23.1 Å². The largest absolute Gasteiger partial charge is 0.195 e. The molecule has 16 heavy (non-hydrogen) atoms. The number of hydrogen-bond donors (Lipinski definition) is 0. The fraction of sp³-hybridized carbons (Fsp3) is 0.0714. The standard InChI is InChI=1S/C14H11NS/c1-11-2-4-12(5-3-11)13-6-8-14(9-7-13)15-10-16/h2-9H,1H3. The van der Waals surface area contributed by atoms with Crippen molar-refractivity contribution in [1.29, 1.82) is 0 Å². The number of aliphatic imine (C=N–C) groups is 1. The van der Waals surface area contributed by atoms with Gasteiger partial charge in [0, 0.05) is 0 Å². The van der Waals surface area contributed by atoms with Crippen molar-refractivity contribution in [3.63, 3.8) is 0 Å². The number of rotatable bonds is 2. The van der Waals surface area contributed by atoms with Crippen LogP contribution < -0.4 is 0 Å². The Kier molecular flexibility index (Phi) is 3.25. The minimum absolute atomic E-state index is 0.839. The van der Waals surface area contributed by atoms with E-state index in [0.717, 1.165) is 5.69 Å². The molecule has 2 aromatic carbocycles. The summed E-state index contributed by atoms with van der Waals surface area (Å²) in [5.74, 6) is 0. The lowest BCUT2D eigenvalue weighted by Gasteiger charge is -2.02. The zero-order chi connectivity index (χ0) is 11.4. The normalized spacial score (nSPS) is 9.56. The van der Waals surface area contributed by atoms with E-state index in [1.54, 1.807) is 0 Å². The second-order valence-electron chi connectivity index (χ2n) is 3.62. The van der Waals surface area contributed by atoms with E-state index in [1.807, 2.05) is 24.3 Å². The molecule has 0 heterocycles. The lowest BCUT2D eigenvalue weighted by atomic mass is 10.0. The summed E-state index contributed by atoms with van der Waals surface area (Å²) in [5.41, 5.74) is 4.50. The van der Waals surface area contributed by atoms with Crippen molar-refractivity contribution in [2.45, 2.75) is 6.92 Å². The molecular weight excluding hydrogens is 214 g/mol. The van der Waals surface area contributed by atoms with Crippen LogP contribution in [0.25, 0.3) is 11.1 Å². The van der Waals surface area contributed by atoms with Gasteiger partial charge >= 0.3 is 0 Å². The third-order valence-corrected chi connectivity index (χ3v) is 2.52. The maximum atomic E-state index is 4.56. The molecule has 2 heteroatoms. The van der Waals surface area contributed by atoms with Crippen molar-refractivity contribution in [1.82, 2.24) is 0 Å². The van der Waals surface area contributed by atoms with E-state index < -0.39 is 0 Å². The van der Waals surface area contributed by atoms with Crippen LogP contribution in [0.2, 0.25) is 0 Å². The van der Waals surface area contributed by atoms with Crippen LogP contribution in [0.4, 0.5) is 5.69 Å². The van der Waals surface area contributed by atoms with Gasteiger partial charge in [0.15, 0.2) is 0 Å². The lowest BCUT2D eigenvalue weighted by molar-refractivity contribution is 1.46. The van der Waals surface area contributed by atoms with Crippen LogP contribution in [0, 0.1) is 6.92 Å². The van der Waals surface area contributed by atoms with Crippen LogP contribution in [-0.4, -0.2) is 5.16 Å². The molecule has 0 unspecified atom stereocenters. The quantitative estimate of drug-likeness (QED) is 0.545. The van der Waals surface area contributed by atoms with Crippen molar-refractivity contribution in [2.24, 2.45) is 4.99 Å². The highest BCUT2D eigenvalue weighted by atomic mass is 32.1. The van der Waals surface area contributed by atoms with Gasteiger partial charge in [-0.2, -0.15) is 4.99 Å². The molecule has 0 bridgehead atoms. The van der Waals surface area contributed by atoms with Crippen molar-refractivity contribution in [3.8, 4) is 11.1 Å². The van der Waals surface area contributed by atoms with Gasteiger partial charge in [-0.1, -0.05) is 42.0 Å². The van der Waals surface area contributed by atoms with Gasteiger partial charge in [0.1, 0.15) is 0 Å². The lowest BCUT2D eigenvalue weighted by Crippen LogP contribution is -1.77. The summed E-state index contributed by atoms with van der Waals surface area (Å²) in [5, 5.41) is 2.36. The Hall–Kier alpha value is -1.76. The first-order valence-corrected chi connectivity index (χ1v) is 5.45. The molecule has 2 rings (SSSR count). The predicted octanol–water partition coefficient (Wildman–Crippen LogP) is 4.40. The highest BCUT2D eigenvalue weighted by Crippen LogP contribution is 2.22. The van der Waals surface area contributed by atoms with E-state index in [2.05, 4.69) is 53.6 Å². The van der Waals surface area contributed by atoms with Gasteiger partial charge in [-0.3, -0.25) is 0 Å². The van der Waals surface area contributed by atoms with Crippen molar-refractivity contribution in [2.75, 3.05) is 0 Å². The van der Waals surface area contributed by atoms with Crippen LogP contribution in [0.5, 0.6) is 0 Å². The zero-order valence-electron chi connectivity index (χ0n) is 8.97. The Labute approximate surface area is 100 Å². The summed E-state index contributed by atoms with van der Waals surface area (Å²) >= 11 is 4.56. The molecule has 0 saturated heterocycles. The molecule has 2 aromatic rings. The second kappa shape index (κ2) is 4.84. The van der Waals surface area contributed by atoms with Crippen molar-refractivity contribution < 1.29 is 0 Å². The molecule has 0 fully saturated rings. The predicted molar refractivity (Wildman–Crippen MR) is 71.3 cm³/mol. The third kappa shape index (κ3) is 2.43. The summed E-state index contributed by atoms with van der Waals surface area (Å²) < 4.78 is 0. The van der Waals surface area contributed by atoms with Crippen LogP contribution in [-0.2, 0) is 0 Å². The Bertz CT molecular complexity index is 520. The molecule has 78 valence electrons. The number of thiocarbonyl (C=S) groups is 1. The zero-order valence-corrected chi connectivity index (χ0v) is 9.79. The van der Waals surface area contributed by atoms with Crippen molar-refractivity contribution in [3.05, 3.63) is 54.1 Å². The van der Waals surface area contributed by atoms with Crippen LogP contribution in [0.1, 0.15) is 5.56 Å². The van der Waals surface area contributed by atoms with Gasteiger partial charge in [-0.05, 0) is 42.4 Å². The summed E-state index contributed by atoms with van der Waals surface area (Å²) in [6.07, 6.45) is 0. The maximum Gasteiger partial charge on any atom is 0.0739 e. The average molecular weight is 225 g/mol. The van der Waals surface area contributed by atoms with E-state index >= 15 is 0 Å². The third-order valence-electron chi connectivity index (χ3n) is 2.43. The Morgan fingerprint density at radius 1 is 0.875 bits per heavy atom.